The molecule has 6 aromatic carbocycles. The summed E-state index contributed by atoms with van der Waals surface area (Å²) in [6, 6.07) is 32.2. The van der Waals surface area contributed by atoms with E-state index in [2.05, 4.69) is 133 Å². The first-order valence-corrected chi connectivity index (χ1v) is 24.6. The normalized spacial score (nSPS) is 11.8. The van der Waals surface area contributed by atoms with E-state index < -0.39 is 7.82 Å². The van der Waals surface area contributed by atoms with Crippen LogP contribution in [0.2, 0.25) is 0 Å². The van der Waals surface area contributed by atoms with E-state index in [4.69, 9.17) is 13.6 Å². The number of fused-ring (bicyclic) bond motifs is 3. The Balaban J connectivity index is 1.67. The Kier molecular flexibility index (Phi) is 16.4. The summed E-state index contributed by atoms with van der Waals surface area (Å²) in [7, 11) is -4.51. The maximum atomic E-state index is 16.6. The molecule has 0 atom stereocenters. The fourth-order valence-corrected chi connectivity index (χ4v) is 10.0. The van der Waals surface area contributed by atoms with E-state index in [1.165, 1.54) is 16.7 Å². The van der Waals surface area contributed by atoms with Gasteiger partial charge < -0.3 is 13.6 Å². The third-order valence-electron chi connectivity index (χ3n) is 11.9. The van der Waals surface area contributed by atoms with E-state index >= 15 is 4.57 Å². The molecule has 0 spiro atoms. The predicted octanol–water partition coefficient (Wildman–Crippen LogP) is 16.8. The van der Waals surface area contributed by atoms with Crippen molar-refractivity contribution >= 4 is 40.1 Å². The van der Waals surface area contributed by atoms with E-state index in [9.17, 15) is 0 Å². The summed E-state index contributed by atoms with van der Waals surface area (Å²) in [6.07, 6.45) is 17.8. The summed E-state index contributed by atoms with van der Waals surface area (Å²) in [4.78, 5) is 0. The Hall–Kier alpha value is -4.27. The molecule has 0 aliphatic carbocycles. The lowest BCUT2D eigenvalue weighted by Crippen LogP contribution is -2.13. The summed E-state index contributed by atoms with van der Waals surface area (Å²) in [6.45, 7) is 13.4. The van der Waals surface area contributed by atoms with Crippen molar-refractivity contribution in [2.45, 2.75) is 157 Å². The molecule has 6 rings (SSSR count). The number of rotatable bonds is 24. The summed E-state index contributed by atoms with van der Waals surface area (Å²) >= 11 is 0. The monoisotopic (exact) mass is 812 g/mol. The average molecular weight is 813 g/mol. The standard InChI is InChI=1S/C54H69O4P/c1-7-13-25-40-37-43-28-19-22-34-49(43)52(46(40)31-16-10-4)56-59(55,57-53-47(32-17-11-5)41(26-14-8-2)38-44-29-20-23-35-50(44)53)58-54-48(33-18-12-6)42(27-15-9-3)39-45-30-21-24-36-51(45)54/h19-24,28-30,34-39H,7-18,25-27,31-33H2,1-6H3. The minimum atomic E-state index is -4.51. The molecule has 0 saturated carbocycles. The molecule has 4 nitrogen and oxygen atoms in total. The second-order valence-electron chi connectivity index (χ2n) is 16.5. The molecular weight excluding hydrogens is 744 g/mol. The van der Waals surface area contributed by atoms with E-state index in [1.807, 2.05) is 0 Å². The van der Waals surface area contributed by atoms with Crippen LogP contribution in [0.3, 0.4) is 0 Å². The number of phosphoric ester groups is 1. The lowest BCUT2D eigenvalue weighted by Gasteiger charge is -2.27. The number of hydrogen-bond acceptors (Lipinski definition) is 4. The SMILES string of the molecule is CCCCc1cc2ccccc2c(OP(=O)(Oc2c(CCCC)c(CCCC)cc3ccccc23)Oc2c(CCCC)c(CCCC)cc3ccccc23)c1CCCC. The molecule has 0 aliphatic heterocycles. The van der Waals surface area contributed by atoms with Gasteiger partial charge >= 0.3 is 7.82 Å². The first kappa shape index (κ1) is 44.3. The minimum absolute atomic E-state index is 0.633. The summed E-state index contributed by atoms with van der Waals surface area (Å²) < 4.78 is 38.4. The van der Waals surface area contributed by atoms with Gasteiger partial charge in [0, 0.05) is 16.2 Å². The molecule has 0 amide bonds. The zero-order valence-corrected chi connectivity index (χ0v) is 37.9. The number of hydrogen-bond donors (Lipinski definition) is 0. The van der Waals surface area contributed by atoms with Crippen LogP contribution in [0.15, 0.2) is 91.0 Å². The molecule has 5 heteroatoms. The average Bonchev–Trinajstić information content (AvgIpc) is 3.25. The van der Waals surface area contributed by atoms with Gasteiger partial charge in [0.1, 0.15) is 17.2 Å². The molecule has 0 saturated heterocycles. The lowest BCUT2D eigenvalue weighted by molar-refractivity contribution is 0.298. The molecule has 6 aromatic rings. The first-order chi connectivity index (χ1) is 28.9. The van der Waals surface area contributed by atoms with Gasteiger partial charge in [0.05, 0.1) is 0 Å². The Bertz CT molecular complexity index is 2080. The highest BCUT2D eigenvalue weighted by atomic mass is 31.2. The maximum Gasteiger partial charge on any atom is 0.647 e. The quantitative estimate of drug-likeness (QED) is 0.0571. The van der Waals surface area contributed by atoms with E-state index in [0.717, 1.165) is 165 Å². The third-order valence-corrected chi connectivity index (χ3v) is 13.2. The van der Waals surface area contributed by atoms with Crippen LogP contribution in [0.25, 0.3) is 32.3 Å². The van der Waals surface area contributed by atoms with E-state index in [1.54, 1.807) is 0 Å². The minimum Gasteiger partial charge on any atom is -0.385 e. The van der Waals surface area contributed by atoms with Crippen molar-refractivity contribution in [1.82, 2.24) is 0 Å². The Labute approximate surface area is 355 Å². The Morgan fingerprint density at radius 1 is 0.373 bits per heavy atom. The number of phosphoric acid groups is 1. The Morgan fingerprint density at radius 3 is 0.898 bits per heavy atom. The zero-order chi connectivity index (χ0) is 41.6. The van der Waals surface area contributed by atoms with Crippen molar-refractivity contribution < 1.29 is 18.1 Å². The largest absolute Gasteiger partial charge is 0.647 e. The summed E-state index contributed by atoms with van der Waals surface area (Å²) in [5.41, 5.74) is 7.12. The van der Waals surface area contributed by atoms with Gasteiger partial charge in [0.15, 0.2) is 0 Å². The highest BCUT2D eigenvalue weighted by molar-refractivity contribution is 7.49. The van der Waals surface area contributed by atoms with Crippen LogP contribution >= 0.6 is 7.82 Å². The summed E-state index contributed by atoms with van der Waals surface area (Å²) in [5, 5.41) is 6.04. The van der Waals surface area contributed by atoms with Crippen LogP contribution in [0, 0.1) is 0 Å². The molecule has 0 aromatic heterocycles. The second kappa shape index (κ2) is 21.8. The van der Waals surface area contributed by atoms with Crippen LogP contribution in [0.1, 0.15) is 152 Å². The van der Waals surface area contributed by atoms with E-state index in [0.29, 0.717) is 17.2 Å². The van der Waals surface area contributed by atoms with Crippen molar-refractivity contribution in [3.05, 3.63) is 124 Å². The highest BCUT2D eigenvalue weighted by Gasteiger charge is 2.38. The molecule has 59 heavy (non-hydrogen) atoms. The van der Waals surface area contributed by atoms with Crippen LogP contribution in [-0.4, -0.2) is 0 Å². The van der Waals surface area contributed by atoms with Crippen molar-refractivity contribution in [2.24, 2.45) is 0 Å². The topological polar surface area (TPSA) is 44.8 Å². The Morgan fingerprint density at radius 2 is 0.627 bits per heavy atom. The molecule has 0 heterocycles. The lowest BCUT2D eigenvalue weighted by atomic mass is 9.93. The van der Waals surface area contributed by atoms with Crippen molar-refractivity contribution in [3.8, 4) is 17.2 Å². The van der Waals surface area contributed by atoms with Crippen LogP contribution in [-0.2, 0) is 43.1 Å². The third kappa shape index (κ3) is 10.7. The summed E-state index contributed by atoms with van der Waals surface area (Å²) in [5.74, 6) is 1.90. The number of aryl methyl sites for hydroxylation is 3. The van der Waals surface area contributed by atoms with Gasteiger partial charge in [-0.25, -0.2) is 0 Å². The van der Waals surface area contributed by atoms with Gasteiger partial charge in [-0.1, -0.05) is 171 Å². The second-order valence-corrected chi connectivity index (χ2v) is 18.0. The molecule has 0 radical (unpaired) electrons. The fraction of sp³-hybridized carbons (Fsp3) is 0.444. The first-order valence-electron chi connectivity index (χ1n) is 23.2. The van der Waals surface area contributed by atoms with Gasteiger partial charge in [-0.2, -0.15) is 4.57 Å². The highest BCUT2D eigenvalue weighted by Crippen LogP contribution is 2.56. The molecule has 0 fully saturated rings. The predicted molar refractivity (Wildman–Crippen MR) is 253 cm³/mol. The maximum absolute atomic E-state index is 16.6. The molecule has 0 unspecified atom stereocenters. The van der Waals surface area contributed by atoms with Gasteiger partial charge in [-0.3, -0.25) is 0 Å². The molecular formula is C54H69O4P. The van der Waals surface area contributed by atoms with E-state index in [-0.39, 0.29) is 0 Å². The van der Waals surface area contributed by atoms with Gasteiger partial charge in [0.2, 0.25) is 0 Å². The van der Waals surface area contributed by atoms with Crippen LogP contribution in [0.4, 0.5) is 0 Å². The number of unbranched alkanes of at least 4 members (excludes halogenated alkanes) is 6. The fourth-order valence-electron chi connectivity index (χ4n) is 8.60. The van der Waals surface area contributed by atoms with Crippen molar-refractivity contribution in [1.29, 1.82) is 0 Å². The molecule has 314 valence electrons. The number of benzene rings is 6. The zero-order valence-electron chi connectivity index (χ0n) is 37.0. The van der Waals surface area contributed by atoms with Gasteiger partial charge in [-0.05, 0) is 127 Å². The van der Waals surface area contributed by atoms with Crippen molar-refractivity contribution in [2.75, 3.05) is 0 Å². The van der Waals surface area contributed by atoms with Gasteiger partial charge in [-0.15, -0.1) is 0 Å². The smallest absolute Gasteiger partial charge is 0.385 e. The molecule has 0 bridgehead atoms. The molecule has 0 N–H and O–H groups in total. The molecule has 0 aliphatic rings. The van der Waals surface area contributed by atoms with Gasteiger partial charge in [0.25, 0.3) is 0 Å². The van der Waals surface area contributed by atoms with Crippen LogP contribution in [0.5, 0.6) is 17.2 Å². The van der Waals surface area contributed by atoms with Crippen molar-refractivity contribution in [3.63, 3.8) is 0 Å². The van der Waals surface area contributed by atoms with Crippen LogP contribution < -0.4 is 13.6 Å².